The van der Waals surface area contributed by atoms with Gasteiger partial charge in [0.05, 0.1) is 4.92 Å². The molecule has 0 aromatic heterocycles. The second-order valence-electron chi connectivity index (χ2n) is 4.77. The third kappa shape index (κ3) is 3.44. The van der Waals surface area contributed by atoms with Crippen molar-refractivity contribution < 1.29 is 4.92 Å². The number of nitrogens with zero attached hydrogens (tertiary/aromatic N) is 1. The van der Waals surface area contributed by atoms with E-state index in [1.807, 2.05) is 6.92 Å². The van der Waals surface area contributed by atoms with Crippen molar-refractivity contribution in [1.82, 2.24) is 0 Å². The van der Waals surface area contributed by atoms with E-state index in [1.165, 1.54) is 19.3 Å². The summed E-state index contributed by atoms with van der Waals surface area (Å²) in [6, 6.07) is 4.96. The van der Waals surface area contributed by atoms with Gasteiger partial charge in [0, 0.05) is 24.4 Å². The molecule has 1 fully saturated rings. The number of nitro benzene ring substituents is 1. The number of hydrogen-bond acceptors (Lipinski definition) is 3. The van der Waals surface area contributed by atoms with E-state index < -0.39 is 0 Å². The summed E-state index contributed by atoms with van der Waals surface area (Å²) in [5, 5.41) is 14.0. The van der Waals surface area contributed by atoms with E-state index in [9.17, 15) is 10.1 Å². The molecule has 0 amide bonds. The van der Waals surface area contributed by atoms with Crippen molar-refractivity contribution in [2.45, 2.75) is 32.6 Å². The average molecular weight is 234 g/mol. The second-order valence-corrected chi connectivity index (χ2v) is 4.77. The van der Waals surface area contributed by atoms with Gasteiger partial charge in [-0.15, -0.1) is 0 Å². The highest BCUT2D eigenvalue weighted by molar-refractivity contribution is 5.56. The molecule has 0 unspecified atom stereocenters. The fourth-order valence-corrected chi connectivity index (χ4v) is 1.93. The first kappa shape index (κ1) is 11.9. The van der Waals surface area contributed by atoms with Gasteiger partial charge in [-0.05, 0) is 31.2 Å². The highest BCUT2D eigenvalue weighted by Crippen LogP contribution is 2.33. The van der Waals surface area contributed by atoms with Crippen molar-refractivity contribution in [2.75, 3.05) is 11.9 Å². The Morgan fingerprint density at radius 3 is 2.88 bits per heavy atom. The Balaban J connectivity index is 1.88. The monoisotopic (exact) mass is 234 g/mol. The molecule has 1 aliphatic rings. The van der Waals surface area contributed by atoms with E-state index in [4.69, 9.17) is 0 Å². The first-order chi connectivity index (χ1) is 8.16. The second kappa shape index (κ2) is 5.17. The van der Waals surface area contributed by atoms with Crippen molar-refractivity contribution in [3.05, 3.63) is 33.9 Å². The zero-order valence-electron chi connectivity index (χ0n) is 10.1. The minimum atomic E-state index is -0.352. The molecule has 1 aliphatic carbocycles. The van der Waals surface area contributed by atoms with E-state index in [0.29, 0.717) is 0 Å². The van der Waals surface area contributed by atoms with Crippen LogP contribution in [0, 0.1) is 23.0 Å². The van der Waals surface area contributed by atoms with Crippen molar-refractivity contribution in [1.29, 1.82) is 0 Å². The van der Waals surface area contributed by atoms with Crippen LogP contribution < -0.4 is 5.32 Å². The maximum atomic E-state index is 10.7. The smallest absolute Gasteiger partial charge is 0.271 e. The highest BCUT2D eigenvalue weighted by atomic mass is 16.6. The Bertz CT molecular complexity index is 414. The normalized spacial score (nSPS) is 14.6. The molecular weight excluding hydrogens is 216 g/mol. The maximum Gasteiger partial charge on any atom is 0.271 e. The van der Waals surface area contributed by atoms with Gasteiger partial charge < -0.3 is 5.32 Å². The lowest BCUT2D eigenvalue weighted by Gasteiger charge is -2.08. The molecule has 0 atom stereocenters. The van der Waals surface area contributed by atoms with Gasteiger partial charge in [-0.2, -0.15) is 0 Å². The van der Waals surface area contributed by atoms with E-state index in [0.717, 1.165) is 30.1 Å². The Morgan fingerprint density at radius 2 is 2.24 bits per heavy atom. The van der Waals surface area contributed by atoms with E-state index in [-0.39, 0.29) is 10.6 Å². The van der Waals surface area contributed by atoms with Crippen LogP contribution in [0.5, 0.6) is 0 Å². The minimum absolute atomic E-state index is 0.153. The van der Waals surface area contributed by atoms with Crippen LogP contribution in [0.1, 0.15) is 31.2 Å². The SMILES string of the molecule is Cc1ccc([N+](=O)[O-])cc1NCCCC1CC1. The van der Waals surface area contributed by atoms with Gasteiger partial charge in [0.1, 0.15) is 0 Å². The topological polar surface area (TPSA) is 55.2 Å². The largest absolute Gasteiger partial charge is 0.385 e. The van der Waals surface area contributed by atoms with E-state index in [1.54, 1.807) is 18.2 Å². The summed E-state index contributed by atoms with van der Waals surface area (Å²) in [5.74, 6) is 0.947. The zero-order chi connectivity index (χ0) is 12.3. The van der Waals surface area contributed by atoms with Gasteiger partial charge >= 0.3 is 0 Å². The fourth-order valence-electron chi connectivity index (χ4n) is 1.93. The lowest BCUT2D eigenvalue weighted by molar-refractivity contribution is -0.384. The number of aryl methyl sites for hydroxylation is 1. The van der Waals surface area contributed by atoms with E-state index >= 15 is 0 Å². The van der Waals surface area contributed by atoms with Crippen LogP contribution in [-0.4, -0.2) is 11.5 Å². The molecule has 1 N–H and O–H groups in total. The van der Waals surface area contributed by atoms with Gasteiger partial charge in [-0.3, -0.25) is 10.1 Å². The number of benzene rings is 1. The minimum Gasteiger partial charge on any atom is -0.385 e. The summed E-state index contributed by atoms with van der Waals surface area (Å²) in [6.07, 6.45) is 5.19. The Morgan fingerprint density at radius 1 is 1.47 bits per heavy atom. The molecule has 2 rings (SSSR count). The highest BCUT2D eigenvalue weighted by Gasteiger charge is 2.20. The van der Waals surface area contributed by atoms with Crippen molar-refractivity contribution in [2.24, 2.45) is 5.92 Å². The summed E-state index contributed by atoms with van der Waals surface area (Å²) >= 11 is 0. The van der Waals surface area contributed by atoms with Crippen LogP contribution in [0.15, 0.2) is 18.2 Å². The first-order valence-electron chi connectivity index (χ1n) is 6.16. The zero-order valence-corrected chi connectivity index (χ0v) is 10.1. The molecule has 0 heterocycles. The maximum absolute atomic E-state index is 10.7. The molecule has 4 heteroatoms. The quantitative estimate of drug-likeness (QED) is 0.465. The number of rotatable bonds is 6. The number of non-ortho nitro benzene ring substituents is 1. The summed E-state index contributed by atoms with van der Waals surface area (Å²) in [6.45, 7) is 2.87. The molecule has 1 aromatic rings. The van der Waals surface area contributed by atoms with Crippen LogP contribution >= 0.6 is 0 Å². The number of anilines is 1. The van der Waals surface area contributed by atoms with Crippen LogP contribution in [0.4, 0.5) is 11.4 Å². The first-order valence-corrected chi connectivity index (χ1v) is 6.16. The summed E-state index contributed by atoms with van der Waals surface area (Å²) < 4.78 is 0. The van der Waals surface area contributed by atoms with Crippen molar-refractivity contribution in [3.63, 3.8) is 0 Å². The van der Waals surface area contributed by atoms with Crippen molar-refractivity contribution in [3.8, 4) is 0 Å². The van der Waals surface area contributed by atoms with Crippen LogP contribution in [0.2, 0.25) is 0 Å². The van der Waals surface area contributed by atoms with E-state index in [2.05, 4.69) is 5.32 Å². The molecule has 0 bridgehead atoms. The van der Waals surface area contributed by atoms with Gasteiger partial charge in [-0.25, -0.2) is 0 Å². The summed E-state index contributed by atoms with van der Waals surface area (Å²) in [7, 11) is 0. The third-order valence-electron chi connectivity index (χ3n) is 3.23. The standard InChI is InChI=1S/C13H18N2O2/c1-10-4-7-12(15(16)17)9-13(10)14-8-2-3-11-5-6-11/h4,7,9,11,14H,2-3,5-6,8H2,1H3. The number of nitro groups is 1. The molecule has 0 spiro atoms. The molecule has 0 radical (unpaired) electrons. The molecule has 1 aromatic carbocycles. The summed E-state index contributed by atoms with van der Waals surface area (Å²) in [4.78, 5) is 10.3. The Kier molecular flexibility index (Phi) is 3.61. The predicted molar refractivity (Wildman–Crippen MR) is 68.3 cm³/mol. The Hall–Kier alpha value is -1.58. The Labute approximate surface area is 101 Å². The third-order valence-corrected chi connectivity index (χ3v) is 3.23. The van der Waals surface area contributed by atoms with Gasteiger partial charge in [0.2, 0.25) is 0 Å². The van der Waals surface area contributed by atoms with Gasteiger partial charge in [0.25, 0.3) is 5.69 Å². The van der Waals surface area contributed by atoms with Crippen LogP contribution in [0.25, 0.3) is 0 Å². The van der Waals surface area contributed by atoms with Crippen LogP contribution in [-0.2, 0) is 0 Å². The molecule has 17 heavy (non-hydrogen) atoms. The molecule has 92 valence electrons. The van der Waals surface area contributed by atoms with Gasteiger partial charge in [0.15, 0.2) is 0 Å². The average Bonchev–Trinajstić information content (AvgIpc) is 3.10. The van der Waals surface area contributed by atoms with Gasteiger partial charge in [-0.1, -0.05) is 18.9 Å². The number of hydrogen-bond donors (Lipinski definition) is 1. The predicted octanol–water partition coefficient (Wildman–Crippen LogP) is 3.51. The lowest BCUT2D eigenvalue weighted by atomic mass is 10.1. The molecule has 0 aliphatic heterocycles. The van der Waals surface area contributed by atoms with Crippen LogP contribution in [0.3, 0.4) is 0 Å². The fraction of sp³-hybridized carbons (Fsp3) is 0.538. The number of nitrogens with one attached hydrogen (secondary N) is 1. The molecule has 0 saturated heterocycles. The summed E-state index contributed by atoms with van der Waals surface area (Å²) in [5.41, 5.74) is 2.09. The lowest BCUT2D eigenvalue weighted by Crippen LogP contribution is -2.04. The molecular formula is C13H18N2O2. The van der Waals surface area contributed by atoms with Crippen molar-refractivity contribution >= 4 is 11.4 Å². The molecule has 1 saturated carbocycles. The molecule has 4 nitrogen and oxygen atoms in total.